The highest BCUT2D eigenvalue weighted by Gasteiger charge is 2.29. The first-order valence-electron chi connectivity index (χ1n) is 8.99. The van der Waals surface area contributed by atoms with E-state index in [1.165, 1.54) is 6.33 Å². The second-order valence-electron chi connectivity index (χ2n) is 6.62. The van der Waals surface area contributed by atoms with Crippen LogP contribution in [0.1, 0.15) is 11.6 Å². The van der Waals surface area contributed by atoms with Crippen LogP contribution in [-0.2, 0) is 4.79 Å². The fraction of sp³-hybridized carbons (Fsp3) is 0.389. The standard InChI is InChI=1S/C18H22ClN7O/c19-13-4-2-1-3-12(13)14(9-20)25-5-7-26(8-6-25)18-16-17(22-11-23-18)21-10-15(27)24-16/h1-4,11,14H,5-10,20H2,(H,24,27)(H,21,22,23). The van der Waals surface area contributed by atoms with Crippen LogP contribution in [0.15, 0.2) is 30.6 Å². The molecule has 3 heterocycles. The Hall–Kier alpha value is -2.42. The molecule has 0 aliphatic carbocycles. The number of amides is 1. The molecule has 1 aromatic carbocycles. The molecule has 4 N–H and O–H groups in total. The highest BCUT2D eigenvalue weighted by molar-refractivity contribution is 6.31. The molecule has 142 valence electrons. The summed E-state index contributed by atoms with van der Waals surface area (Å²) in [5.74, 6) is 1.33. The number of benzene rings is 1. The molecule has 1 aromatic heterocycles. The van der Waals surface area contributed by atoms with Crippen LogP contribution in [-0.4, -0.2) is 60.0 Å². The third-order valence-electron chi connectivity index (χ3n) is 5.05. The largest absolute Gasteiger partial charge is 0.359 e. The molecule has 4 rings (SSSR count). The number of nitrogens with two attached hydrogens (primary N) is 1. The van der Waals surface area contributed by atoms with E-state index in [1.54, 1.807) is 0 Å². The number of anilines is 3. The Morgan fingerprint density at radius 2 is 1.96 bits per heavy atom. The second-order valence-corrected chi connectivity index (χ2v) is 7.03. The molecule has 8 nitrogen and oxygen atoms in total. The molecular formula is C18H22ClN7O. The van der Waals surface area contributed by atoms with Crippen LogP contribution in [0.5, 0.6) is 0 Å². The number of carbonyl (C=O) groups excluding carboxylic acids is 1. The lowest BCUT2D eigenvalue weighted by Gasteiger charge is -2.40. The van der Waals surface area contributed by atoms with Crippen LogP contribution in [0.25, 0.3) is 0 Å². The molecule has 2 aliphatic heterocycles. The van der Waals surface area contributed by atoms with Gasteiger partial charge in [0.15, 0.2) is 11.6 Å². The Labute approximate surface area is 162 Å². The Kier molecular flexibility index (Phi) is 5.11. The van der Waals surface area contributed by atoms with Crippen LogP contribution in [0.3, 0.4) is 0 Å². The lowest BCUT2D eigenvalue weighted by molar-refractivity contribution is -0.114. The number of nitrogens with zero attached hydrogens (tertiary/aromatic N) is 4. The van der Waals surface area contributed by atoms with Gasteiger partial charge in [-0.15, -0.1) is 0 Å². The lowest BCUT2D eigenvalue weighted by Crippen LogP contribution is -2.49. The van der Waals surface area contributed by atoms with Crippen molar-refractivity contribution in [3.8, 4) is 0 Å². The Bertz CT molecular complexity index is 838. The van der Waals surface area contributed by atoms with E-state index in [-0.39, 0.29) is 18.5 Å². The van der Waals surface area contributed by atoms with Crippen molar-refractivity contribution in [2.75, 3.05) is 54.8 Å². The van der Waals surface area contributed by atoms with Crippen molar-refractivity contribution >= 4 is 34.8 Å². The van der Waals surface area contributed by atoms with Crippen molar-refractivity contribution in [2.24, 2.45) is 5.73 Å². The van der Waals surface area contributed by atoms with Crippen LogP contribution >= 0.6 is 11.6 Å². The molecule has 1 saturated heterocycles. The minimum absolute atomic E-state index is 0.0842. The summed E-state index contributed by atoms with van der Waals surface area (Å²) in [6, 6.07) is 7.94. The number of fused-ring (bicyclic) bond motifs is 1. The zero-order valence-corrected chi connectivity index (χ0v) is 15.6. The van der Waals surface area contributed by atoms with Crippen LogP contribution < -0.4 is 21.3 Å². The van der Waals surface area contributed by atoms with E-state index in [4.69, 9.17) is 17.3 Å². The average molecular weight is 388 g/mol. The minimum atomic E-state index is -0.0842. The fourth-order valence-electron chi connectivity index (χ4n) is 3.68. The SMILES string of the molecule is NCC(c1ccccc1Cl)N1CCN(c2ncnc3c2NC(=O)CN3)CC1. The lowest BCUT2D eigenvalue weighted by atomic mass is 10.0. The first kappa shape index (κ1) is 18.0. The maximum Gasteiger partial charge on any atom is 0.243 e. The van der Waals surface area contributed by atoms with Crippen molar-refractivity contribution in [2.45, 2.75) is 6.04 Å². The molecule has 1 amide bonds. The second kappa shape index (κ2) is 7.67. The minimum Gasteiger partial charge on any atom is -0.359 e. The summed E-state index contributed by atoms with van der Waals surface area (Å²) in [7, 11) is 0. The number of hydrogen-bond donors (Lipinski definition) is 3. The van der Waals surface area contributed by atoms with Gasteiger partial charge in [0.05, 0.1) is 6.54 Å². The molecule has 0 saturated carbocycles. The van der Waals surface area contributed by atoms with Gasteiger partial charge in [0, 0.05) is 43.8 Å². The van der Waals surface area contributed by atoms with E-state index in [1.807, 2.05) is 24.3 Å². The predicted molar refractivity (Wildman–Crippen MR) is 106 cm³/mol. The first-order valence-corrected chi connectivity index (χ1v) is 9.37. The van der Waals surface area contributed by atoms with Gasteiger partial charge in [-0.2, -0.15) is 0 Å². The Morgan fingerprint density at radius 3 is 2.70 bits per heavy atom. The third kappa shape index (κ3) is 3.55. The maximum atomic E-state index is 11.7. The number of halogens is 1. The van der Waals surface area contributed by atoms with E-state index < -0.39 is 0 Å². The van der Waals surface area contributed by atoms with Gasteiger partial charge in [-0.25, -0.2) is 9.97 Å². The zero-order chi connectivity index (χ0) is 18.8. The smallest absolute Gasteiger partial charge is 0.243 e. The molecule has 2 aliphatic rings. The summed E-state index contributed by atoms with van der Waals surface area (Å²) in [6.45, 7) is 3.95. The highest BCUT2D eigenvalue weighted by atomic mass is 35.5. The van der Waals surface area contributed by atoms with Crippen molar-refractivity contribution in [1.82, 2.24) is 14.9 Å². The first-order chi connectivity index (χ1) is 13.2. The summed E-state index contributed by atoms with van der Waals surface area (Å²) in [6.07, 6.45) is 1.53. The molecular weight excluding hydrogens is 366 g/mol. The van der Waals surface area contributed by atoms with E-state index in [9.17, 15) is 4.79 Å². The fourth-order valence-corrected chi connectivity index (χ4v) is 3.94. The number of nitrogens with one attached hydrogen (secondary N) is 2. The van der Waals surface area contributed by atoms with Gasteiger partial charge in [-0.05, 0) is 11.6 Å². The molecule has 9 heteroatoms. The highest BCUT2D eigenvalue weighted by Crippen LogP contribution is 2.33. The molecule has 0 radical (unpaired) electrons. The van der Waals surface area contributed by atoms with Gasteiger partial charge in [-0.3, -0.25) is 9.69 Å². The molecule has 1 fully saturated rings. The van der Waals surface area contributed by atoms with Crippen molar-refractivity contribution in [3.63, 3.8) is 0 Å². The van der Waals surface area contributed by atoms with Crippen molar-refractivity contribution in [3.05, 3.63) is 41.2 Å². The van der Waals surface area contributed by atoms with Gasteiger partial charge >= 0.3 is 0 Å². The van der Waals surface area contributed by atoms with E-state index in [0.29, 0.717) is 18.1 Å². The van der Waals surface area contributed by atoms with Crippen LogP contribution in [0, 0.1) is 0 Å². The topological polar surface area (TPSA) is 99.4 Å². The predicted octanol–water partition coefficient (Wildman–Crippen LogP) is 1.32. The van der Waals surface area contributed by atoms with E-state index in [2.05, 4.69) is 30.4 Å². The molecule has 1 unspecified atom stereocenters. The van der Waals surface area contributed by atoms with Crippen molar-refractivity contribution < 1.29 is 4.79 Å². The van der Waals surface area contributed by atoms with E-state index in [0.717, 1.165) is 42.6 Å². The molecule has 27 heavy (non-hydrogen) atoms. The Balaban J connectivity index is 1.50. The molecule has 1 atom stereocenters. The number of aromatic nitrogens is 2. The number of rotatable bonds is 4. The van der Waals surface area contributed by atoms with Gasteiger partial charge in [0.2, 0.25) is 5.91 Å². The van der Waals surface area contributed by atoms with Crippen LogP contribution in [0.2, 0.25) is 5.02 Å². The van der Waals surface area contributed by atoms with Gasteiger partial charge in [0.25, 0.3) is 0 Å². The quantitative estimate of drug-likeness (QED) is 0.727. The number of carbonyl (C=O) groups is 1. The van der Waals surface area contributed by atoms with E-state index >= 15 is 0 Å². The van der Waals surface area contributed by atoms with Crippen LogP contribution in [0.4, 0.5) is 17.3 Å². The summed E-state index contributed by atoms with van der Waals surface area (Å²) < 4.78 is 0. The summed E-state index contributed by atoms with van der Waals surface area (Å²) in [4.78, 5) is 24.9. The number of hydrogen-bond acceptors (Lipinski definition) is 7. The summed E-state index contributed by atoms with van der Waals surface area (Å²) in [5, 5.41) is 6.65. The molecule has 0 spiro atoms. The van der Waals surface area contributed by atoms with Gasteiger partial charge in [-0.1, -0.05) is 29.8 Å². The van der Waals surface area contributed by atoms with Gasteiger partial charge in [0.1, 0.15) is 12.0 Å². The average Bonchev–Trinajstić information content (AvgIpc) is 2.70. The third-order valence-corrected chi connectivity index (χ3v) is 5.39. The maximum absolute atomic E-state index is 11.7. The van der Waals surface area contributed by atoms with Gasteiger partial charge < -0.3 is 21.3 Å². The normalized spacial score (nSPS) is 18.4. The zero-order valence-electron chi connectivity index (χ0n) is 14.9. The summed E-state index contributed by atoms with van der Waals surface area (Å²) in [5.41, 5.74) is 7.78. The van der Waals surface area contributed by atoms with Crippen molar-refractivity contribution in [1.29, 1.82) is 0 Å². The molecule has 0 bridgehead atoms. The molecule has 2 aromatic rings. The summed E-state index contributed by atoms with van der Waals surface area (Å²) >= 11 is 6.38. The number of piperazine rings is 1. The monoisotopic (exact) mass is 387 g/mol. The Morgan fingerprint density at radius 1 is 1.19 bits per heavy atom.